The first kappa shape index (κ1) is 12.8. The number of fused-ring (bicyclic) bond motifs is 2. The highest BCUT2D eigenvalue weighted by atomic mass is 32.1. The molecule has 0 amide bonds. The van der Waals surface area contributed by atoms with Crippen molar-refractivity contribution >= 4 is 28.8 Å². The fourth-order valence-corrected chi connectivity index (χ4v) is 3.45. The van der Waals surface area contributed by atoms with E-state index in [2.05, 4.69) is 10.3 Å². The van der Waals surface area contributed by atoms with E-state index in [1.165, 1.54) is 0 Å². The number of hydrogen-bond acceptors (Lipinski definition) is 4. The minimum absolute atomic E-state index is 0.160. The second-order valence-corrected chi connectivity index (χ2v) is 5.83. The van der Waals surface area contributed by atoms with Crippen molar-refractivity contribution in [1.82, 2.24) is 5.32 Å². The van der Waals surface area contributed by atoms with Gasteiger partial charge in [0.2, 0.25) is 6.79 Å². The number of hydrogen-bond donors (Lipinski definition) is 1. The van der Waals surface area contributed by atoms with Crippen LogP contribution in [-0.2, 0) is 4.79 Å². The summed E-state index contributed by atoms with van der Waals surface area (Å²) in [6.45, 7) is 0.240. The molecule has 0 spiro atoms. The van der Waals surface area contributed by atoms with E-state index in [1.54, 1.807) is 0 Å². The number of nitrogens with zero attached hydrogens (tertiary/aromatic N) is 1. The first-order valence-electron chi connectivity index (χ1n) is 7.02. The summed E-state index contributed by atoms with van der Waals surface area (Å²) in [6.07, 6.45) is 2.32. The lowest BCUT2D eigenvalue weighted by molar-refractivity contribution is -0.122. The minimum atomic E-state index is -0.217. The van der Waals surface area contributed by atoms with Gasteiger partial charge in [-0.25, -0.2) is 4.99 Å². The summed E-state index contributed by atoms with van der Waals surface area (Å²) in [5.74, 6) is 1.47. The van der Waals surface area contributed by atoms with E-state index in [1.807, 2.05) is 18.2 Å². The van der Waals surface area contributed by atoms with E-state index in [0.717, 1.165) is 29.9 Å². The Hall–Kier alpha value is -1.95. The van der Waals surface area contributed by atoms with Gasteiger partial charge in [-0.2, -0.15) is 0 Å². The molecule has 2 aliphatic heterocycles. The maximum atomic E-state index is 12.3. The van der Waals surface area contributed by atoms with Crippen molar-refractivity contribution in [3.8, 4) is 11.5 Å². The van der Waals surface area contributed by atoms with Gasteiger partial charge in [0, 0.05) is 12.1 Å². The van der Waals surface area contributed by atoms with Gasteiger partial charge in [-0.15, -0.1) is 0 Å². The van der Waals surface area contributed by atoms with Crippen molar-refractivity contribution in [2.75, 3.05) is 6.79 Å². The number of Topliss-reactive ketones (excluding diaryl/α,β-unsaturated/α-hetero) is 1. The third-order valence-electron chi connectivity index (χ3n) is 4.18. The molecule has 2 atom stereocenters. The third kappa shape index (κ3) is 2.10. The number of ether oxygens (including phenoxy) is 2. The molecule has 0 bridgehead atoms. The van der Waals surface area contributed by atoms with Gasteiger partial charge in [0.15, 0.2) is 16.6 Å². The number of nitrogens with one attached hydrogen (secondary N) is 1. The van der Waals surface area contributed by atoms with Crippen LogP contribution >= 0.6 is 12.2 Å². The molecule has 4 rings (SSSR count). The molecule has 1 N–H and O–H groups in total. The summed E-state index contributed by atoms with van der Waals surface area (Å²) < 4.78 is 10.8. The normalized spacial score (nSPS) is 27.0. The average Bonchev–Trinajstić information content (AvgIpc) is 2.93. The highest BCUT2D eigenvalue weighted by Gasteiger charge is 2.39. The van der Waals surface area contributed by atoms with Crippen LogP contribution in [0.2, 0.25) is 0 Å². The van der Waals surface area contributed by atoms with E-state index < -0.39 is 0 Å². The topological polar surface area (TPSA) is 59.9 Å². The lowest BCUT2D eigenvalue weighted by Gasteiger charge is -2.35. The number of ketones is 1. The van der Waals surface area contributed by atoms with Gasteiger partial charge in [0.05, 0.1) is 12.0 Å². The third-order valence-corrected chi connectivity index (χ3v) is 4.38. The Balaban J connectivity index is 1.74. The first-order valence-corrected chi connectivity index (χ1v) is 7.43. The van der Waals surface area contributed by atoms with Gasteiger partial charge < -0.3 is 14.8 Å². The Morgan fingerprint density at radius 1 is 1.24 bits per heavy atom. The fourth-order valence-electron chi connectivity index (χ4n) is 3.21. The van der Waals surface area contributed by atoms with Crippen LogP contribution in [0.25, 0.3) is 0 Å². The van der Waals surface area contributed by atoms with Crippen LogP contribution in [-0.4, -0.2) is 23.4 Å². The number of rotatable bonds is 1. The van der Waals surface area contributed by atoms with E-state index in [9.17, 15) is 4.79 Å². The molecule has 1 saturated carbocycles. The van der Waals surface area contributed by atoms with Crippen LogP contribution in [0.3, 0.4) is 0 Å². The Kier molecular flexibility index (Phi) is 2.92. The predicted molar refractivity (Wildman–Crippen MR) is 80.8 cm³/mol. The van der Waals surface area contributed by atoms with Crippen molar-refractivity contribution in [3.63, 3.8) is 0 Å². The van der Waals surface area contributed by atoms with Crippen LogP contribution in [0, 0.1) is 5.92 Å². The van der Waals surface area contributed by atoms with Gasteiger partial charge in [0.1, 0.15) is 5.78 Å². The number of aliphatic imine (C=N–C) groups is 1. The van der Waals surface area contributed by atoms with Crippen LogP contribution in [0.4, 0.5) is 0 Å². The summed E-state index contributed by atoms with van der Waals surface area (Å²) in [4.78, 5) is 16.7. The quantitative estimate of drug-likeness (QED) is 0.806. The van der Waals surface area contributed by atoms with Crippen molar-refractivity contribution in [3.05, 3.63) is 23.8 Å². The summed E-state index contributed by atoms with van der Waals surface area (Å²) >= 11 is 5.22. The zero-order valence-electron chi connectivity index (χ0n) is 11.3. The lowest BCUT2D eigenvalue weighted by Crippen LogP contribution is -2.46. The average molecular weight is 302 g/mol. The molecule has 21 heavy (non-hydrogen) atoms. The lowest BCUT2D eigenvalue weighted by atomic mass is 9.77. The van der Waals surface area contributed by atoms with Gasteiger partial charge >= 0.3 is 0 Å². The summed E-state index contributed by atoms with van der Waals surface area (Å²) in [5, 5.41) is 3.64. The maximum absolute atomic E-state index is 12.3. The predicted octanol–water partition coefficient (Wildman–Crippen LogP) is 2.15. The minimum Gasteiger partial charge on any atom is -0.454 e. The largest absolute Gasteiger partial charge is 0.454 e. The zero-order chi connectivity index (χ0) is 14.4. The molecular weight excluding hydrogens is 288 g/mol. The fraction of sp³-hybridized carbons (Fsp3) is 0.400. The van der Waals surface area contributed by atoms with Crippen molar-refractivity contribution in [1.29, 1.82) is 0 Å². The molecule has 6 heteroatoms. The Bertz CT molecular complexity index is 671. The molecule has 0 aromatic heterocycles. The molecule has 1 aromatic carbocycles. The molecule has 2 unspecified atom stereocenters. The van der Waals surface area contributed by atoms with Crippen LogP contribution in [0.1, 0.15) is 30.9 Å². The second-order valence-electron chi connectivity index (χ2n) is 5.44. The number of carbonyl (C=O) groups is 1. The highest BCUT2D eigenvalue weighted by Crippen LogP contribution is 2.38. The van der Waals surface area contributed by atoms with Crippen LogP contribution in [0.5, 0.6) is 11.5 Å². The van der Waals surface area contributed by atoms with E-state index in [4.69, 9.17) is 21.7 Å². The SMILES string of the molecule is O=C1CCCC2=NC(=S)NC(c3ccc4c(c3)OCO4)C12. The second kappa shape index (κ2) is 4.80. The molecule has 108 valence electrons. The molecule has 0 radical (unpaired) electrons. The van der Waals surface area contributed by atoms with Crippen LogP contribution < -0.4 is 14.8 Å². The van der Waals surface area contributed by atoms with E-state index in [-0.39, 0.29) is 24.5 Å². The molecule has 1 aromatic rings. The van der Waals surface area contributed by atoms with Crippen molar-refractivity contribution < 1.29 is 14.3 Å². The maximum Gasteiger partial charge on any atom is 0.231 e. The Morgan fingerprint density at radius 2 is 2.10 bits per heavy atom. The van der Waals surface area contributed by atoms with Gasteiger partial charge in [-0.3, -0.25) is 4.79 Å². The smallest absolute Gasteiger partial charge is 0.231 e. The highest BCUT2D eigenvalue weighted by molar-refractivity contribution is 7.80. The van der Waals surface area contributed by atoms with Crippen LogP contribution in [0.15, 0.2) is 23.2 Å². The zero-order valence-corrected chi connectivity index (χ0v) is 12.1. The van der Waals surface area contributed by atoms with Gasteiger partial charge in [-0.05, 0) is 42.8 Å². The van der Waals surface area contributed by atoms with Gasteiger partial charge in [-0.1, -0.05) is 6.07 Å². The van der Waals surface area contributed by atoms with Crippen molar-refractivity contribution in [2.45, 2.75) is 25.3 Å². The summed E-state index contributed by atoms with van der Waals surface area (Å²) in [7, 11) is 0. The van der Waals surface area contributed by atoms with E-state index in [0.29, 0.717) is 17.3 Å². The Labute approximate surface area is 127 Å². The number of benzene rings is 1. The molecule has 5 nitrogen and oxygen atoms in total. The molecule has 1 aliphatic carbocycles. The Morgan fingerprint density at radius 3 is 3.00 bits per heavy atom. The molecule has 2 heterocycles. The first-order chi connectivity index (χ1) is 10.2. The van der Waals surface area contributed by atoms with E-state index >= 15 is 0 Å². The number of thiocarbonyl (C=S) groups is 1. The molecule has 1 fully saturated rings. The summed E-state index contributed by atoms with van der Waals surface area (Å²) in [6, 6.07) is 5.60. The van der Waals surface area contributed by atoms with Gasteiger partial charge in [0.25, 0.3) is 0 Å². The molecular formula is C15H14N2O3S. The molecule has 3 aliphatic rings. The number of carbonyl (C=O) groups excluding carboxylic acids is 1. The summed E-state index contributed by atoms with van der Waals surface area (Å²) in [5.41, 5.74) is 1.90. The molecule has 0 saturated heterocycles. The standard InChI is InChI=1S/C15H14N2O3S/c18-10-3-1-2-9-13(10)14(17-15(21)16-9)8-4-5-11-12(6-8)20-7-19-11/h4-6,13-14H,1-3,7H2,(H,17,21). The van der Waals surface area contributed by atoms with Crippen molar-refractivity contribution in [2.24, 2.45) is 10.9 Å². The monoisotopic (exact) mass is 302 g/mol.